The molecular formula is C8H9F2NO2S. The molecule has 0 amide bonds. The van der Waals surface area contributed by atoms with Crippen molar-refractivity contribution in [1.82, 2.24) is 5.32 Å². The van der Waals surface area contributed by atoms with Crippen molar-refractivity contribution in [2.24, 2.45) is 0 Å². The zero-order chi connectivity index (χ0) is 10.6. The van der Waals surface area contributed by atoms with Gasteiger partial charge in [0.15, 0.2) is 0 Å². The Bertz CT molecular complexity index is 300. The summed E-state index contributed by atoms with van der Waals surface area (Å²) in [6.45, 7) is -0.583. The molecular weight excluding hydrogens is 212 g/mol. The number of hydrogen-bond acceptors (Lipinski definition) is 3. The van der Waals surface area contributed by atoms with Crippen LogP contribution in [0.15, 0.2) is 17.5 Å². The Balaban J connectivity index is 2.31. The lowest BCUT2D eigenvalue weighted by Gasteiger charge is -2.11. The molecule has 0 saturated heterocycles. The second kappa shape index (κ2) is 4.47. The van der Waals surface area contributed by atoms with Crippen molar-refractivity contribution in [3.8, 4) is 0 Å². The molecule has 1 heterocycles. The number of halogens is 2. The number of aliphatic carboxylic acids is 1. The lowest BCUT2D eigenvalue weighted by Crippen LogP contribution is -2.39. The maximum Gasteiger partial charge on any atom is 0.375 e. The van der Waals surface area contributed by atoms with Crippen LogP contribution in [-0.4, -0.2) is 23.5 Å². The Kier molecular flexibility index (Phi) is 3.54. The third kappa shape index (κ3) is 3.04. The van der Waals surface area contributed by atoms with E-state index in [0.717, 1.165) is 4.88 Å². The van der Waals surface area contributed by atoms with E-state index in [4.69, 9.17) is 5.11 Å². The molecule has 0 radical (unpaired) electrons. The fourth-order valence-corrected chi connectivity index (χ4v) is 1.51. The lowest BCUT2D eigenvalue weighted by molar-refractivity contribution is -0.164. The summed E-state index contributed by atoms with van der Waals surface area (Å²) in [6.07, 6.45) is 0. The first-order chi connectivity index (χ1) is 6.52. The Morgan fingerprint density at radius 2 is 2.36 bits per heavy atom. The first kappa shape index (κ1) is 11.1. The van der Waals surface area contributed by atoms with E-state index >= 15 is 0 Å². The van der Waals surface area contributed by atoms with Crippen LogP contribution in [0.2, 0.25) is 0 Å². The number of carboxylic acids is 1. The molecule has 0 atom stereocenters. The van der Waals surface area contributed by atoms with Gasteiger partial charge < -0.3 is 10.4 Å². The van der Waals surface area contributed by atoms with E-state index in [1.165, 1.54) is 11.3 Å². The van der Waals surface area contributed by atoms with Crippen molar-refractivity contribution in [2.75, 3.05) is 6.54 Å². The van der Waals surface area contributed by atoms with Crippen LogP contribution in [0.5, 0.6) is 0 Å². The molecule has 0 saturated carbocycles. The molecule has 78 valence electrons. The zero-order valence-electron chi connectivity index (χ0n) is 7.17. The van der Waals surface area contributed by atoms with Crippen molar-refractivity contribution >= 4 is 17.3 Å². The summed E-state index contributed by atoms with van der Waals surface area (Å²) in [5.74, 6) is -5.80. The van der Waals surface area contributed by atoms with Gasteiger partial charge in [-0.1, -0.05) is 6.07 Å². The average molecular weight is 221 g/mol. The maximum absolute atomic E-state index is 12.5. The molecule has 0 bridgehead atoms. The highest BCUT2D eigenvalue weighted by Gasteiger charge is 2.37. The summed E-state index contributed by atoms with van der Waals surface area (Å²) in [5.41, 5.74) is 0. The van der Waals surface area contributed by atoms with Gasteiger partial charge in [-0.15, -0.1) is 11.3 Å². The molecule has 1 aromatic rings. The van der Waals surface area contributed by atoms with Gasteiger partial charge in [0.05, 0.1) is 6.54 Å². The maximum atomic E-state index is 12.5. The van der Waals surface area contributed by atoms with Crippen LogP contribution in [0.4, 0.5) is 8.78 Å². The minimum Gasteiger partial charge on any atom is -0.477 e. The minimum atomic E-state index is -3.70. The molecule has 0 fully saturated rings. The van der Waals surface area contributed by atoms with Crippen molar-refractivity contribution in [1.29, 1.82) is 0 Å². The summed E-state index contributed by atoms with van der Waals surface area (Å²) in [5, 5.41) is 12.3. The minimum absolute atomic E-state index is 0.264. The number of nitrogens with one attached hydrogen (secondary N) is 1. The van der Waals surface area contributed by atoms with Crippen LogP contribution < -0.4 is 5.32 Å². The van der Waals surface area contributed by atoms with Crippen LogP contribution in [0, 0.1) is 0 Å². The standard InChI is InChI=1S/C8H9F2NO2S/c9-8(10,7(12)13)5-11-4-6-2-1-3-14-6/h1-3,11H,4-5H2,(H,12,13). The van der Waals surface area contributed by atoms with Gasteiger partial charge in [-0.25, -0.2) is 4.79 Å². The fourth-order valence-electron chi connectivity index (χ4n) is 0.831. The summed E-state index contributed by atoms with van der Waals surface area (Å²) in [7, 11) is 0. The average Bonchev–Trinajstić information content (AvgIpc) is 2.56. The Morgan fingerprint density at radius 3 is 2.86 bits per heavy atom. The van der Waals surface area contributed by atoms with E-state index in [-0.39, 0.29) is 6.54 Å². The molecule has 0 aromatic carbocycles. The Labute approximate surface area is 83.4 Å². The predicted octanol–water partition coefficient (Wildman–Crippen LogP) is 1.56. The Hall–Kier alpha value is -1.01. The normalized spacial score (nSPS) is 11.6. The van der Waals surface area contributed by atoms with Crippen molar-refractivity contribution in [2.45, 2.75) is 12.5 Å². The van der Waals surface area contributed by atoms with Crippen LogP contribution in [0.1, 0.15) is 4.88 Å². The van der Waals surface area contributed by atoms with E-state index < -0.39 is 18.4 Å². The highest BCUT2D eigenvalue weighted by atomic mass is 32.1. The zero-order valence-corrected chi connectivity index (χ0v) is 7.98. The number of alkyl halides is 2. The van der Waals surface area contributed by atoms with E-state index in [9.17, 15) is 13.6 Å². The third-order valence-electron chi connectivity index (χ3n) is 1.54. The van der Waals surface area contributed by atoms with Gasteiger partial charge in [-0.3, -0.25) is 0 Å². The molecule has 1 rings (SSSR count). The molecule has 0 aliphatic carbocycles. The Morgan fingerprint density at radius 1 is 1.64 bits per heavy atom. The van der Waals surface area contributed by atoms with Gasteiger partial charge in [0.1, 0.15) is 0 Å². The monoisotopic (exact) mass is 221 g/mol. The van der Waals surface area contributed by atoms with Gasteiger partial charge in [0, 0.05) is 11.4 Å². The second-order valence-electron chi connectivity index (χ2n) is 2.69. The van der Waals surface area contributed by atoms with Gasteiger partial charge in [0.25, 0.3) is 0 Å². The molecule has 0 aliphatic heterocycles. The smallest absolute Gasteiger partial charge is 0.375 e. The SMILES string of the molecule is O=C(O)C(F)(F)CNCc1cccs1. The molecule has 1 aromatic heterocycles. The number of carbonyl (C=O) groups is 1. The number of thiophene rings is 1. The van der Waals surface area contributed by atoms with E-state index in [0.29, 0.717) is 0 Å². The molecule has 14 heavy (non-hydrogen) atoms. The second-order valence-corrected chi connectivity index (χ2v) is 3.72. The first-order valence-corrected chi connectivity index (χ1v) is 4.74. The lowest BCUT2D eigenvalue weighted by atomic mass is 10.3. The highest BCUT2D eigenvalue weighted by molar-refractivity contribution is 7.09. The molecule has 0 spiro atoms. The molecule has 3 nitrogen and oxygen atoms in total. The van der Waals surface area contributed by atoms with E-state index in [1.54, 1.807) is 12.1 Å². The fraction of sp³-hybridized carbons (Fsp3) is 0.375. The molecule has 2 N–H and O–H groups in total. The third-order valence-corrected chi connectivity index (χ3v) is 2.42. The van der Waals surface area contributed by atoms with Crippen LogP contribution >= 0.6 is 11.3 Å². The van der Waals surface area contributed by atoms with Gasteiger partial charge in [0.2, 0.25) is 0 Å². The number of rotatable bonds is 5. The largest absolute Gasteiger partial charge is 0.477 e. The molecule has 0 aliphatic rings. The molecule has 0 unspecified atom stereocenters. The van der Waals surface area contributed by atoms with Gasteiger partial charge in [-0.2, -0.15) is 8.78 Å². The summed E-state index contributed by atoms with van der Waals surface area (Å²) in [6, 6.07) is 3.59. The van der Waals surface area contributed by atoms with Gasteiger partial charge in [-0.05, 0) is 11.4 Å². The van der Waals surface area contributed by atoms with Crippen molar-refractivity contribution in [3.05, 3.63) is 22.4 Å². The summed E-state index contributed by atoms with van der Waals surface area (Å²) in [4.78, 5) is 10.9. The van der Waals surface area contributed by atoms with Crippen molar-refractivity contribution < 1.29 is 18.7 Å². The highest BCUT2D eigenvalue weighted by Crippen LogP contribution is 2.13. The number of carboxylic acid groups (broad SMARTS) is 1. The van der Waals surface area contributed by atoms with Crippen molar-refractivity contribution in [3.63, 3.8) is 0 Å². The quantitative estimate of drug-likeness (QED) is 0.793. The van der Waals surface area contributed by atoms with Crippen LogP contribution in [0.25, 0.3) is 0 Å². The molecule has 6 heteroatoms. The summed E-state index contributed by atoms with van der Waals surface area (Å²) < 4.78 is 25.0. The predicted molar refractivity (Wildman–Crippen MR) is 48.6 cm³/mol. The van der Waals surface area contributed by atoms with E-state index in [2.05, 4.69) is 5.32 Å². The topological polar surface area (TPSA) is 49.3 Å². The summed E-state index contributed by atoms with van der Waals surface area (Å²) >= 11 is 1.43. The van der Waals surface area contributed by atoms with Crippen LogP contribution in [0.3, 0.4) is 0 Å². The van der Waals surface area contributed by atoms with E-state index in [1.807, 2.05) is 5.38 Å². The first-order valence-electron chi connectivity index (χ1n) is 3.87. The van der Waals surface area contributed by atoms with Gasteiger partial charge >= 0.3 is 11.9 Å². The number of hydrogen-bond donors (Lipinski definition) is 2. The van der Waals surface area contributed by atoms with Crippen LogP contribution in [-0.2, 0) is 11.3 Å².